The van der Waals surface area contributed by atoms with E-state index in [1.54, 1.807) is 12.3 Å². The van der Waals surface area contributed by atoms with E-state index in [-0.39, 0.29) is 5.56 Å². The fraction of sp³-hybridized carbons (Fsp3) is 0.636. The van der Waals surface area contributed by atoms with Gasteiger partial charge in [0.2, 0.25) is 0 Å². The minimum atomic E-state index is -0.0276. The van der Waals surface area contributed by atoms with Crippen molar-refractivity contribution in [2.45, 2.75) is 39.3 Å². The molecule has 0 bridgehead atoms. The zero-order valence-corrected chi connectivity index (χ0v) is 9.44. The van der Waals surface area contributed by atoms with Crippen LogP contribution in [0.5, 0.6) is 0 Å². The monoisotopic (exact) mass is 209 g/mol. The van der Waals surface area contributed by atoms with Gasteiger partial charge in [-0.1, -0.05) is 6.92 Å². The average Bonchev–Trinajstić information content (AvgIpc) is 2.25. The molecule has 0 aliphatic heterocycles. The number of hydrogen-bond donors (Lipinski definition) is 1. The lowest BCUT2D eigenvalue weighted by Crippen LogP contribution is -2.30. The lowest BCUT2D eigenvalue weighted by molar-refractivity contribution is 0.449. The topological polar surface area (TPSA) is 46.9 Å². The van der Waals surface area contributed by atoms with Crippen molar-refractivity contribution in [2.75, 3.05) is 6.54 Å². The molecule has 84 valence electrons. The summed E-state index contributed by atoms with van der Waals surface area (Å²) >= 11 is 0. The highest BCUT2D eigenvalue weighted by Gasteiger charge is 2.01. The Labute approximate surface area is 90.3 Å². The molecule has 0 saturated heterocycles. The van der Waals surface area contributed by atoms with Crippen molar-refractivity contribution in [3.05, 3.63) is 28.7 Å². The minimum absolute atomic E-state index is 0.0276. The molecule has 1 unspecified atom stereocenters. The molecular weight excluding hydrogens is 190 g/mol. The van der Waals surface area contributed by atoms with E-state index in [0.717, 1.165) is 19.4 Å². The van der Waals surface area contributed by atoms with Crippen LogP contribution >= 0.6 is 0 Å². The van der Waals surface area contributed by atoms with Gasteiger partial charge in [0.15, 0.2) is 0 Å². The molecule has 0 saturated carbocycles. The molecule has 1 aromatic heterocycles. The molecular formula is C11H19N3O. The number of nitrogens with one attached hydrogen (secondary N) is 1. The van der Waals surface area contributed by atoms with Crippen molar-refractivity contribution in [1.82, 2.24) is 15.1 Å². The maximum Gasteiger partial charge on any atom is 0.266 e. The minimum Gasteiger partial charge on any atom is -0.314 e. The third-order valence-electron chi connectivity index (χ3n) is 2.30. The van der Waals surface area contributed by atoms with Crippen LogP contribution in [0.4, 0.5) is 0 Å². The van der Waals surface area contributed by atoms with E-state index < -0.39 is 0 Å². The van der Waals surface area contributed by atoms with Gasteiger partial charge in [-0.3, -0.25) is 4.79 Å². The summed E-state index contributed by atoms with van der Waals surface area (Å²) in [6, 6.07) is 3.63. The van der Waals surface area contributed by atoms with E-state index >= 15 is 0 Å². The van der Waals surface area contributed by atoms with Crippen molar-refractivity contribution in [3.8, 4) is 0 Å². The maximum absolute atomic E-state index is 11.3. The van der Waals surface area contributed by atoms with E-state index in [9.17, 15) is 4.79 Å². The van der Waals surface area contributed by atoms with Gasteiger partial charge in [-0.2, -0.15) is 5.10 Å². The second kappa shape index (κ2) is 6.35. The first kappa shape index (κ1) is 11.9. The van der Waals surface area contributed by atoms with Crippen LogP contribution < -0.4 is 10.9 Å². The first-order valence-corrected chi connectivity index (χ1v) is 5.49. The summed E-state index contributed by atoms with van der Waals surface area (Å²) in [6.45, 7) is 5.97. The Morgan fingerprint density at radius 2 is 2.40 bits per heavy atom. The van der Waals surface area contributed by atoms with Gasteiger partial charge < -0.3 is 5.32 Å². The molecule has 1 N–H and O–H groups in total. The molecule has 0 aromatic carbocycles. The van der Waals surface area contributed by atoms with Crippen LogP contribution in [-0.2, 0) is 6.54 Å². The highest BCUT2D eigenvalue weighted by atomic mass is 16.1. The van der Waals surface area contributed by atoms with Crippen LogP contribution in [0.25, 0.3) is 0 Å². The molecule has 0 aliphatic carbocycles. The first-order valence-electron chi connectivity index (χ1n) is 5.49. The quantitative estimate of drug-likeness (QED) is 0.761. The van der Waals surface area contributed by atoms with E-state index in [2.05, 4.69) is 24.3 Å². The zero-order chi connectivity index (χ0) is 11.1. The molecule has 0 radical (unpaired) electrons. The average molecular weight is 209 g/mol. The molecule has 1 heterocycles. The Kier molecular flexibility index (Phi) is 5.04. The Hall–Kier alpha value is -1.16. The summed E-state index contributed by atoms with van der Waals surface area (Å²) in [4.78, 5) is 11.3. The van der Waals surface area contributed by atoms with Crippen LogP contribution in [0.1, 0.15) is 26.7 Å². The van der Waals surface area contributed by atoms with Crippen molar-refractivity contribution in [3.63, 3.8) is 0 Å². The van der Waals surface area contributed by atoms with Gasteiger partial charge in [0.05, 0.1) is 0 Å². The van der Waals surface area contributed by atoms with Crippen LogP contribution in [-0.4, -0.2) is 22.4 Å². The van der Waals surface area contributed by atoms with Gasteiger partial charge in [-0.25, -0.2) is 4.68 Å². The summed E-state index contributed by atoms with van der Waals surface area (Å²) in [5.41, 5.74) is -0.0276. The van der Waals surface area contributed by atoms with Crippen LogP contribution in [0.2, 0.25) is 0 Å². The molecule has 4 nitrogen and oxygen atoms in total. The Bertz CT molecular complexity index is 335. The van der Waals surface area contributed by atoms with Gasteiger partial charge in [-0.15, -0.1) is 0 Å². The van der Waals surface area contributed by atoms with Gasteiger partial charge in [0.1, 0.15) is 0 Å². The van der Waals surface area contributed by atoms with Crippen molar-refractivity contribution in [1.29, 1.82) is 0 Å². The summed E-state index contributed by atoms with van der Waals surface area (Å²) in [5.74, 6) is 0. The number of rotatable bonds is 6. The third-order valence-corrected chi connectivity index (χ3v) is 2.30. The summed E-state index contributed by atoms with van der Waals surface area (Å²) in [5, 5.41) is 7.39. The number of aryl methyl sites for hydroxylation is 1. The molecule has 1 aromatic rings. The van der Waals surface area contributed by atoms with E-state index in [1.165, 1.54) is 10.7 Å². The summed E-state index contributed by atoms with van der Waals surface area (Å²) < 4.78 is 1.50. The fourth-order valence-corrected chi connectivity index (χ4v) is 1.36. The third kappa shape index (κ3) is 4.25. The Morgan fingerprint density at radius 3 is 3.07 bits per heavy atom. The molecule has 0 aliphatic rings. The predicted molar refractivity (Wildman–Crippen MR) is 60.9 cm³/mol. The molecule has 15 heavy (non-hydrogen) atoms. The Morgan fingerprint density at radius 1 is 1.60 bits per heavy atom. The normalized spacial score (nSPS) is 12.7. The zero-order valence-electron chi connectivity index (χ0n) is 9.44. The molecule has 1 rings (SSSR count). The van der Waals surface area contributed by atoms with E-state index in [4.69, 9.17) is 0 Å². The molecule has 0 fully saturated rings. The number of nitrogens with zero attached hydrogens (tertiary/aromatic N) is 2. The number of hydrogen-bond acceptors (Lipinski definition) is 3. The van der Waals surface area contributed by atoms with Gasteiger partial charge in [0.25, 0.3) is 5.56 Å². The van der Waals surface area contributed by atoms with Crippen molar-refractivity contribution >= 4 is 0 Å². The molecule has 1 atom stereocenters. The van der Waals surface area contributed by atoms with E-state index in [1.807, 2.05) is 0 Å². The smallest absolute Gasteiger partial charge is 0.266 e. The second-order valence-corrected chi connectivity index (χ2v) is 3.73. The highest BCUT2D eigenvalue weighted by Crippen LogP contribution is 1.92. The number of aromatic nitrogens is 2. The second-order valence-electron chi connectivity index (χ2n) is 3.73. The summed E-state index contributed by atoms with van der Waals surface area (Å²) in [7, 11) is 0. The fourth-order valence-electron chi connectivity index (χ4n) is 1.36. The predicted octanol–water partition coefficient (Wildman–Crippen LogP) is 1.02. The molecule has 4 heteroatoms. The van der Waals surface area contributed by atoms with Gasteiger partial charge >= 0.3 is 0 Å². The SMILES string of the molecule is CCCNC(C)CCn1ncccc1=O. The lowest BCUT2D eigenvalue weighted by atomic mass is 10.2. The summed E-state index contributed by atoms with van der Waals surface area (Å²) in [6.07, 6.45) is 3.70. The standard InChI is InChI=1S/C11H19N3O/c1-3-7-12-10(2)6-9-14-11(15)5-4-8-13-14/h4-5,8,10,12H,3,6-7,9H2,1-2H3. The lowest BCUT2D eigenvalue weighted by Gasteiger charge is -2.12. The maximum atomic E-state index is 11.3. The van der Waals surface area contributed by atoms with Crippen molar-refractivity contribution in [2.24, 2.45) is 0 Å². The van der Waals surface area contributed by atoms with Crippen LogP contribution in [0, 0.1) is 0 Å². The van der Waals surface area contributed by atoms with Crippen LogP contribution in [0.3, 0.4) is 0 Å². The molecule has 0 spiro atoms. The van der Waals surface area contributed by atoms with E-state index in [0.29, 0.717) is 12.6 Å². The molecule has 0 amide bonds. The largest absolute Gasteiger partial charge is 0.314 e. The van der Waals surface area contributed by atoms with Crippen molar-refractivity contribution < 1.29 is 0 Å². The highest BCUT2D eigenvalue weighted by molar-refractivity contribution is 4.84. The first-order chi connectivity index (χ1) is 7.24. The Balaban J connectivity index is 2.37. The van der Waals surface area contributed by atoms with Gasteiger partial charge in [-0.05, 0) is 32.4 Å². The van der Waals surface area contributed by atoms with Gasteiger partial charge in [0, 0.05) is 24.8 Å². The van der Waals surface area contributed by atoms with Crippen LogP contribution in [0.15, 0.2) is 23.1 Å².